The number of halogens is 2. The highest BCUT2D eigenvalue weighted by Crippen LogP contribution is 2.49. The molecule has 0 aromatic heterocycles. The van der Waals surface area contributed by atoms with Gasteiger partial charge in [0.15, 0.2) is 0 Å². The number of carbonyl (C=O) groups is 1. The first kappa shape index (κ1) is 13.4. The van der Waals surface area contributed by atoms with Crippen LogP contribution in [0, 0.1) is 11.3 Å². The van der Waals surface area contributed by atoms with Crippen LogP contribution in [-0.2, 0) is 4.79 Å². The third-order valence-electron chi connectivity index (χ3n) is 4.07. The van der Waals surface area contributed by atoms with Gasteiger partial charge in [0.25, 0.3) is 0 Å². The highest BCUT2D eigenvalue weighted by molar-refractivity contribution is 5.75. The molecule has 2 nitrogen and oxygen atoms in total. The lowest BCUT2D eigenvalue weighted by Crippen LogP contribution is -2.44. The summed E-state index contributed by atoms with van der Waals surface area (Å²) in [4.78, 5) is 11.4. The Morgan fingerprint density at radius 2 is 1.62 bits per heavy atom. The zero-order valence-electron chi connectivity index (χ0n) is 9.93. The maximum Gasteiger partial charge on any atom is 0.309 e. The Kier molecular flexibility index (Phi) is 3.92. The molecule has 0 bridgehead atoms. The van der Waals surface area contributed by atoms with Gasteiger partial charge in [0.2, 0.25) is 5.92 Å². The number of alkyl halides is 2. The van der Waals surface area contributed by atoms with Gasteiger partial charge in [-0.15, -0.1) is 0 Å². The number of carboxylic acid groups (broad SMARTS) is 1. The minimum atomic E-state index is -2.66. The van der Waals surface area contributed by atoms with Crippen molar-refractivity contribution in [1.82, 2.24) is 0 Å². The van der Waals surface area contributed by atoms with Gasteiger partial charge in [-0.25, -0.2) is 8.78 Å². The second-order valence-electron chi connectivity index (χ2n) is 4.83. The monoisotopic (exact) mass is 234 g/mol. The van der Waals surface area contributed by atoms with Crippen LogP contribution in [0.5, 0.6) is 0 Å². The minimum absolute atomic E-state index is 0.0149. The maximum absolute atomic E-state index is 13.1. The molecule has 1 aliphatic rings. The first-order valence-electron chi connectivity index (χ1n) is 5.99. The summed E-state index contributed by atoms with van der Waals surface area (Å²) in [5.74, 6) is -3.54. The van der Waals surface area contributed by atoms with Crippen LogP contribution in [0.1, 0.15) is 52.4 Å². The molecular weight excluding hydrogens is 214 g/mol. The third-order valence-corrected chi connectivity index (χ3v) is 4.07. The Balaban J connectivity index is 2.88. The zero-order valence-corrected chi connectivity index (χ0v) is 9.93. The normalized spacial score (nSPS) is 23.3. The number of carboxylic acids is 1. The van der Waals surface area contributed by atoms with Crippen LogP contribution in [0.15, 0.2) is 0 Å². The van der Waals surface area contributed by atoms with E-state index in [1.54, 1.807) is 0 Å². The van der Waals surface area contributed by atoms with Gasteiger partial charge in [0, 0.05) is 12.8 Å². The second-order valence-corrected chi connectivity index (χ2v) is 4.83. The SMILES string of the molecule is CCC(CC)C1(C(=O)O)CCC(F)(F)CC1. The summed E-state index contributed by atoms with van der Waals surface area (Å²) in [6.07, 6.45) is 1.15. The summed E-state index contributed by atoms with van der Waals surface area (Å²) in [5, 5.41) is 9.35. The topological polar surface area (TPSA) is 37.3 Å². The summed E-state index contributed by atoms with van der Waals surface area (Å²) < 4.78 is 26.2. The van der Waals surface area contributed by atoms with Crippen molar-refractivity contribution in [2.24, 2.45) is 11.3 Å². The van der Waals surface area contributed by atoms with Crippen LogP contribution >= 0.6 is 0 Å². The molecule has 4 heteroatoms. The van der Waals surface area contributed by atoms with Crippen molar-refractivity contribution < 1.29 is 18.7 Å². The van der Waals surface area contributed by atoms with E-state index >= 15 is 0 Å². The third kappa shape index (κ3) is 2.36. The molecule has 0 unspecified atom stereocenters. The molecule has 0 saturated heterocycles. The fraction of sp³-hybridized carbons (Fsp3) is 0.917. The smallest absolute Gasteiger partial charge is 0.309 e. The Labute approximate surface area is 95.0 Å². The van der Waals surface area contributed by atoms with Crippen molar-refractivity contribution in [2.75, 3.05) is 0 Å². The number of hydrogen-bond acceptors (Lipinski definition) is 1. The summed E-state index contributed by atoms with van der Waals surface area (Å²) in [5.41, 5.74) is -0.912. The molecule has 1 N–H and O–H groups in total. The number of hydrogen-bond donors (Lipinski definition) is 1. The van der Waals surface area contributed by atoms with Crippen LogP contribution in [0.25, 0.3) is 0 Å². The first-order chi connectivity index (χ1) is 7.38. The van der Waals surface area contributed by atoms with Gasteiger partial charge >= 0.3 is 5.97 Å². The molecule has 0 aromatic rings. The molecule has 1 aliphatic carbocycles. The summed E-state index contributed by atoms with van der Waals surface area (Å²) in [6, 6.07) is 0. The van der Waals surface area contributed by atoms with Gasteiger partial charge in [0.05, 0.1) is 5.41 Å². The Hall–Kier alpha value is -0.670. The molecule has 1 rings (SSSR count). The fourth-order valence-corrected chi connectivity index (χ4v) is 2.93. The molecule has 0 atom stereocenters. The van der Waals surface area contributed by atoms with E-state index in [0.717, 1.165) is 12.8 Å². The lowest BCUT2D eigenvalue weighted by atomic mass is 9.63. The highest BCUT2D eigenvalue weighted by Gasteiger charge is 2.51. The van der Waals surface area contributed by atoms with E-state index in [1.807, 2.05) is 13.8 Å². The maximum atomic E-state index is 13.1. The molecule has 0 radical (unpaired) electrons. The van der Waals surface area contributed by atoms with Crippen molar-refractivity contribution in [3.8, 4) is 0 Å². The molecular formula is C12H20F2O2. The van der Waals surface area contributed by atoms with Crippen LogP contribution in [0.4, 0.5) is 8.78 Å². The number of rotatable bonds is 4. The average molecular weight is 234 g/mol. The van der Waals surface area contributed by atoms with Gasteiger partial charge in [-0.1, -0.05) is 26.7 Å². The average Bonchev–Trinajstić information content (AvgIpc) is 2.22. The van der Waals surface area contributed by atoms with Crippen LogP contribution in [0.2, 0.25) is 0 Å². The van der Waals surface area contributed by atoms with E-state index in [-0.39, 0.29) is 31.6 Å². The van der Waals surface area contributed by atoms with E-state index < -0.39 is 17.3 Å². The van der Waals surface area contributed by atoms with Crippen molar-refractivity contribution >= 4 is 5.97 Å². The molecule has 0 heterocycles. The van der Waals surface area contributed by atoms with E-state index in [1.165, 1.54) is 0 Å². The fourth-order valence-electron chi connectivity index (χ4n) is 2.93. The van der Waals surface area contributed by atoms with Gasteiger partial charge in [-0.2, -0.15) is 0 Å². The molecule has 0 aliphatic heterocycles. The summed E-state index contributed by atoms with van der Waals surface area (Å²) in [6.45, 7) is 3.87. The predicted octanol–water partition coefficient (Wildman–Crippen LogP) is 3.70. The van der Waals surface area contributed by atoms with Crippen molar-refractivity contribution in [3.05, 3.63) is 0 Å². The minimum Gasteiger partial charge on any atom is -0.481 e. The van der Waals surface area contributed by atoms with E-state index in [2.05, 4.69) is 0 Å². The van der Waals surface area contributed by atoms with Crippen molar-refractivity contribution in [2.45, 2.75) is 58.3 Å². The zero-order chi connectivity index (χ0) is 12.4. The molecule has 94 valence electrons. The lowest BCUT2D eigenvalue weighted by Gasteiger charge is -2.41. The molecule has 1 fully saturated rings. The predicted molar refractivity (Wildman–Crippen MR) is 57.6 cm³/mol. The van der Waals surface area contributed by atoms with Crippen LogP contribution in [-0.4, -0.2) is 17.0 Å². The van der Waals surface area contributed by atoms with Crippen LogP contribution < -0.4 is 0 Å². The Morgan fingerprint density at radius 3 is 1.94 bits per heavy atom. The van der Waals surface area contributed by atoms with E-state index in [4.69, 9.17) is 0 Å². The van der Waals surface area contributed by atoms with Crippen LogP contribution in [0.3, 0.4) is 0 Å². The van der Waals surface area contributed by atoms with Gasteiger partial charge in [-0.3, -0.25) is 4.79 Å². The van der Waals surface area contributed by atoms with Gasteiger partial charge in [-0.05, 0) is 18.8 Å². The lowest BCUT2D eigenvalue weighted by molar-refractivity contribution is -0.163. The summed E-state index contributed by atoms with van der Waals surface area (Å²) in [7, 11) is 0. The molecule has 16 heavy (non-hydrogen) atoms. The summed E-state index contributed by atoms with van der Waals surface area (Å²) >= 11 is 0. The van der Waals surface area contributed by atoms with E-state index in [0.29, 0.717) is 0 Å². The molecule has 0 aromatic carbocycles. The Bertz CT molecular complexity index is 250. The second kappa shape index (κ2) is 4.68. The van der Waals surface area contributed by atoms with E-state index in [9.17, 15) is 18.7 Å². The quantitative estimate of drug-likeness (QED) is 0.805. The van der Waals surface area contributed by atoms with Crippen molar-refractivity contribution in [3.63, 3.8) is 0 Å². The van der Waals surface area contributed by atoms with Gasteiger partial charge in [0.1, 0.15) is 0 Å². The molecule has 0 spiro atoms. The highest BCUT2D eigenvalue weighted by atomic mass is 19.3. The molecule has 1 saturated carbocycles. The van der Waals surface area contributed by atoms with Gasteiger partial charge < -0.3 is 5.11 Å². The molecule has 0 amide bonds. The largest absolute Gasteiger partial charge is 0.481 e. The number of aliphatic carboxylic acids is 1. The first-order valence-corrected chi connectivity index (χ1v) is 5.99. The standard InChI is InChI=1S/C12H20F2O2/c1-3-9(4-2)11(10(15)16)5-7-12(13,14)8-6-11/h9H,3-8H2,1-2H3,(H,15,16). The Morgan fingerprint density at radius 1 is 1.19 bits per heavy atom. The van der Waals surface area contributed by atoms with Crippen molar-refractivity contribution in [1.29, 1.82) is 0 Å².